The van der Waals surface area contributed by atoms with Crippen LogP contribution in [0.25, 0.3) is 11.3 Å². The molecule has 1 saturated heterocycles. The number of hydrogen-bond donors (Lipinski definition) is 1. The largest absolute Gasteiger partial charge is 0.443 e. The fourth-order valence-electron chi connectivity index (χ4n) is 4.30. The van der Waals surface area contributed by atoms with Crippen molar-refractivity contribution in [3.63, 3.8) is 0 Å². The Bertz CT molecular complexity index is 1260. The number of aryl methyl sites for hydroxylation is 2. The number of rotatable bonds is 6. The highest BCUT2D eigenvalue weighted by Gasteiger charge is 2.39. The van der Waals surface area contributed by atoms with Crippen LogP contribution in [0.15, 0.2) is 12.4 Å². The molecule has 1 aliphatic carbocycles. The van der Waals surface area contributed by atoms with Crippen LogP contribution in [-0.2, 0) is 17.5 Å². The van der Waals surface area contributed by atoms with E-state index in [1.54, 1.807) is 23.6 Å². The Morgan fingerprint density at radius 1 is 1.17 bits per heavy atom. The number of anilines is 1. The van der Waals surface area contributed by atoms with E-state index in [1.165, 1.54) is 17.1 Å². The van der Waals surface area contributed by atoms with Crippen molar-refractivity contribution >= 4 is 22.2 Å². The van der Waals surface area contributed by atoms with Gasteiger partial charge in [0.05, 0.1) is 12.6 Å². The summed E-state index contributed by atoms with van der Waals surface area (Å²) in [5.74, 6) is 1.92. The van der Waals surface area contributed by atoms with Crippen molar-refractivity contribution in [2.75, 3.05) is 31.1 Å². The summed E-state index contributed by atoms with van der Waals surface area (Å²) in [7, 11) is 0. The fraction of sp³-hybridized carbons (Fsp3) is 0.545. The van der Waals surface area contributed by atoms with E-state index in [0.717, 1.165) is 12.8 Å². The molecule has 2 fully saturated rings. The number of aliphatic hydroxyl groups is 1. The zero-order valence-electron chi connectivity index (χ0n) is 19.7. The molecule has 1 atom stereocenters. The monoisotopic (exact) mass is 522 g/mol. The number of carbonyl (C=O) groups excluding carboxylic acids is 1. The molecule has 0 radical (unpaired) electrons. The molecule has 0 aromatic carbocycles. The van der Waals surface area contributed by atoms with Crippen molar-refractivity contribution in [1.29, 1.82) is 0 Å². The third-order valence-corrected chi connectivity index (χ3v) is 7.45. The zero-order chi connectivity index (χ0) is 25.6. The Kier molecular flexibility index (Phi) is 6.41. The maximum Gasteiger partial charge on any atom is 0.443 e. The number of alkyl halides is 3. The first-order chi connectivity index (χ1) is 17.1. The van der Waals surface area contributed by atoms with Gasteiger partial charge in [-0.05, 0) is 26.7 Å². The molecule has 10 nitrogen and oxygen atoms in total. The number of hydrogen-bond acceptors (Lipinski definition) is 9. The number of halogens is 3. The van der Waals surface area contributed by atoms with Gasteiger partial charge in [-0.25, -0.2) is 24.6 Å². The van der Waals surface area contributed by atoms with Gasteiger partial charge in [0.2, 0.25) is 10.9 Å². The highest BCUT2D eigenvalue weighted by atomic mass is 32.1. The molecule has 14 heteroatoms. The van der Waals surface area contributed by atoms with Gasteiger partial charge in [0.25, 0.3) is 0 Å². The van der Waals surface area contributed by atoms with E-state index in [9.17, 15) is 23.1 Å². The van der Waals surface area contributed by atoms with Gasteiger partial charge in [-0.3, -0.25) is 4.79 Å². The minimum absolute atomic E-state index is 0.0299. The Morgan fingerprint density at radius 2 is 1.89 bits per heavy atom. The molecular weight excluding hydrogens is 497 g/mol. The normalized spacial score (nSPS) is 18.7. The number of aliphatic hydroxyl groups excluding tert-OH is 1. The number of thiazole rings is 1. The van der Waals surface area contributed by atoms with Gasteiger partial charge in [0.1, 0.15) is 34.7 Å². The van der Waals surface area contributed by atoms with Crippen molar-refractivity contribution in [2.45, 2.75) is 51.4 Å². The van der Waals surface area contributed by atoms with Crippen molar-refractivity contribution < 1.29 is 23.1 Å². The van der Waals surface area contributed by atoms with E-state index in [0.29, 0.717) is 45.3 Å². The van der Waals surface area contributed by atoms with Crippen LogP contribution in [0.3, 0.4) is 0 Å². The van der Waals surface area contributed by atoms with Gasteiger partial charge < -0.3 is 14.9 Å². The second-order valence-electron chi connectivity index (χ2n) is 9.01. The van der Waals surface area contributed by atoms with Crippen LogP contribution < -0.4 is 4.90 Å². The molecule has 0 spiro atoms. The number of piperazine rings is 1. The Balaban J connectivity index is 1.39. The highest BCUT2D eigenvalue weighted by molar-refractivity contribution is 7.16. The number of carbonyl (C=O) groups is 1. The molecule has 1 N–H and O–H groups in total. The third kappa shape index (κ3) is 4.91. The minimum atomic E-state index is -4.60. The van der Waals surface area contributed by atoms with Gasteiger partial charge in [-0.2, -0.15) is 18.3 Å². The lowest BCUT2D eigenvalue weighted by molar-refractivity contribution is -0.137. The molecule has 1 aliphatic heterocycles. The van der Waals surface area contributed by atoms with E-state index in [1.807, 2.05) is 0 Å². The van der Waals surface area contributed by atoms with Gasteiger partial charge >= 0.3 is 6.18 Å². The molecule has 2 aliphatic rings. The van der Waals surface area contributed by atoms with Gasteiger partial charge in [0, 0.05) is 43.5 Å². The molecule has 36 heavy (non-hydrogen) atoms. The van der Waals surface area contributed by atoms with E-state index >= 15 is 0 Å². The van der Waals surface area contributed by atoms with Crippen molar-refractivity contribution in [3.05, 3.63) is 34.9 Å². The summed E-state index contributed by atoms with van der Waals surface area (Å²) < 4.78 is 42.3. The molecule has 1 saturated carbocycles. The van der Waals surface area contributed by atoms with Gasteiger partial charge in [-0.15, -0.1) is 0 Å². The lowest BCUT2D eigenvalue weighted by Gasteiger charge is -2.41. The lowest BCUT2D eigenvalue weighted by atomic mass is 10.1. The van der Waals surface area contributed by atoms with Crippen molar-refractivity contribution in [2.24, 2.45) is 0 Å². The Hall–Kier alpha value is -3.13. The molecule has 4 heterocycles. The van der Waals surface area contributed by atoms with Crippen molar-refractivity contribution in [1.82, 2.24) is 34.6 Å². The summed E-state index contributed by atoms with van der Waals surface area (Å²) in [5.41, 5.74) is 0.553. The third-order valence-electron chi connectivity index (χ3n) is 6.29. The van der Waals surface area contributed by atoms with Crippen LogP contribution in [0.2, 0.25) is 0 Å². The van der Waals surface area contributed by atoms with E-state index in [2.05, 4.69) is 25.0 Å². The smallest absolute Gasteiger partial charge is 0.394 e. The molecule has 0 unspecified atom stereocenters. The first-order valence-electron chi connectivity index (χ1n) is 11.6. The first-order valence-corrected chi connectivity index (χ1v) is 12.4. The minimum Gasteiger partial charge on any atom is -0.394 e. The summed E-state index contributed by atoms with van der Waals surface area (Å²) >= 11 is 0.547. The van der Waals surface area contributed by atoms with Crippen molar-refractivity contribution in [3.8, 4) is 11.3 Å². The molecule has 5 rings (SSSR count). The Morgan fingerprint density at radius 3 is 2.47 bits per heavy atom. The van der Waals surface area contributed by atoms with Crippen LogP contribution in [0.4, 0.5) is 18.2 Å². The predicted molar refractivity (Wildman–Crippen MR) is 124 cm³/mol. The molecule has 1 amide bonds. The summed E-state index contributed by atoms with van der Waals surface area (Å²) in [4.78, 5) is 33.1. The van der Waals surface area contributed by atoms with Crippen LogP contribution in [0.5, 0.6) is 0 Å². The number of amides is 1. The van der Waals surface area contributed by atoms with Crippen LogP contribution >= 0.6 is 11.3 Å². The zero-order valence-corrected chi connectivity index (χ0v) is 20.6. The second-order valence-corrected chi connectivity index (χ2v) is 9.99. The lowest BCUT2D eigenvalue weighted by Crippen LogP contribution is -2.57. The SMILES string of the molecule is Cc1nc(C)n(CC(=O)N2CCN(c3sc(C(F)(F)F)nc3-c3cnc(C4CC4)nc3)C[C@H]2CO)n1. The molecular formula is C22H25F3N8O2S. The predicted octanol–water partition coefficient (Wildman–Crippen LogP) is 2.41. The summed E-state index contributed by atoms with van der Waals surface area (Å²) in [5, 5.41) is 13.6. The number of nitrogens with zero attached hydrogens (tertiary/aromatic N) is 8. The van der Waals surface area contributed by atoms with E-state index < -0.39 is 17.2 Å². The van der Waals surface area contributed by atoms with E-state index in [4.69, 9.17) is 0 Å². The second kappa shape index (κ2) is 9.39. The maximum atomic E-state index is 13.6. The maximum absolute atomic E-state index is 13.6. The number of aromatic nitrogens is 6. The van der Waals surface area contributed by atoms with Gasteiger partial charge in [-0.1, -0.05) is 11.3 Å². The quantitative estimate of drug-likeness (QED) is 0.525. The summed E-state index contributed by atoms with van der Waals surface area (Å²) in [6, 6.07) is -0.603. The summed E-state index contributed by atoms with van der Waals surface area (Å²) in [6.45, 7) is 3.78. The van der Waals surface area contributed by atoms with Crippen LogP contribution in [-0.4, -0.2) is 77.9 Å². The standard InChI is InChI=1S/C22H25F3N8O2S/c1-12-28-13(2)33(30-12)10-17(35)32-6-5-31(9-16(32)11-34)20-18(29-21(36-20)22(23,24)25)15-7-26-19(27-8-15)14-3-4-14/h7-8,14,16,34H,3-6,9-11H2,1-2H3/t16-/m0/s1. The molecule has 3 aromatic rings. The van der Waals surface area contributed by atoms with E-state index in [-0.39, 0.29) is 44.4 Å². The van der Waals surface area contributed by atoms with Crippen LogP contribution in [0, 0.1) is 13.8 Å². The Labute approximate surface area is 208 Å². The fourth-order valence-corrected chi connectivity index (χ4v) is 5.29. The first kappa shape index (κ1) is 24.6. The average Bonchev–Trinajstić information content (AvgIpc) is 3.51. The molecule has 192 valence electrons. The average molecular weight is 523 g/mol. The highest BCUT2D eigenvalue weighted by Crippen LogP contribution is 2.43. The topological polar surface area (TPSA) is 113 Å². The molecule has 0 bridgehead atoms. The molecule has 3 aromatic heterocycles. The van der Waals surface area contributed by atoms with Gasteiger partial charge in [0.15, 0.2) is 0 Å². The van der Waals surface area contributed by atoms with Crippen LogP contribution in [0.1, 0.15) is 41.2 Å². The summed E-state index contributed by atoms with van der Waals surface area (Å²) in [6.07, 6.45) is 0.465.